The van der Waals surface area contributed by atoms with Gasteiger partial charge in [0.15, 0.2) is 11.6 Å². The van der Waals surface area contributed by atoms with Crippen LogP contribution in [-0.2, 0) is 4.79 Å². The number of hydrogen-bond acceptors (Lipinski definition) is 7. The smallest absolute Gasteiger partial charge is 0.269 e. The summed E-state index contributed by atoms with van der Waals surface area (Å²) in [6.07, 6.45) is 1.62. The number of benzene rings is 4. The molecule has 2 heterocycles. The maximum atomic E-state index is 14.7. The molecule has 4 aromatic rings. The third-order valence-electron chi connectivity index (χ3n) is 8.42. The molecule has 2 aliphatic heterocycles. The van der Waals surface area contributed by atoms with Crippen LogP contribution in [0.5, 0.6) is 0 Å². The lowest BCUT2D eigenvalue weighted by Gasteiger charge is -2.36. The van der Waals surface area contributed by atoms with E-state index in [0.717, 1.165) is 5.56 Å². The molecule has 3 aliphatic rings. The van der Waals surface area contributed by atoms with E-state index in [1.807, 2.05) is 24.3 Å². The molecule has 1 amide bonds. The normalized spacial score (nSPS) is 21.2. The molecule has 1 fully saturated rings. The minimum Gasteiger partial charge on any atom is -0.324 e. The number of amides is 1. The monoisotopic (exact) mass is 576 g/mol. The van der Waals surface area contributed by atoms with Crippen molar-refractivity contribution in [3.05, 3.63) is 140 Å². The Morgan fingerprint density at radius 1 is 0.881 bits per heavy atom. The summed E-state index contributed by atoms with van der Waals surface area (Å²) < 4.78 is 0. The van der Waals surface area contributed by atoms with E-state index in [0.29, 0.717) is 21.8 Å². The van der Waals surface area contributed by atoms with Crippen molar-refractivity contribution in [1.29, 1.82) is 0 Å². The maximum Gasteiger partial charge on any atom is 0.269 e. The van der Waals surface area contributed by atoms with Gasteiger partial charge in [-0.25, -0.2) is 0 Å². The van der Waals surface area contributed by atoms with E-state index in [1.54, 1.807) is 59.8 Å². The molecule has 7 rings (SSSR count). The third-order valence-corrected chi connectivity index (χ3v) is 8.67. The Morgan fingerprint density at radius 2 is 1.50 bits per heavy atom. The van der Waals surface area contributed by atoms with Crippen LogP contribution in [0.15, 0.2) is 102 Å². The molecule has 4 aromatic carbocycles. The number of nitrogens with zero attached hydrogens (tertiary/aromatic N) is 3. The molecule has 0 bridgehead atoms. The third kappa shape index (κ3) is 3.56. The first kappa shape index (κ1) is 25.8. The van der Waals surface area contributed by atoms with Gasteiger partial charge in [0.1, 0.15) is 11.5 Å². The van der Waals surface area contributed by atoms with Gasteiger partial charge in [-0.05, 0) is 41.0 Å². The van der Waals surface area contributed by atoms with Crippen molar-refractivity contribution in [2.45, 2.75) is 18.0 Å². The van der Waals surface area contributed by atoms with E-state index in [1.165, 1.54) is 24.3 Å². The van der Waals surface area contributed by atoms with Crippen molar-refractivity contribution >= 4 is 46.7 Å². The molecule has 0 saturated carbocycles. The van der Waals surface area contributed by atoms with E-state index < -0.39 is 45.8 Å². The summed E-state index contributed by atoms with van der Waals surface area (Å²) >= 11 is 6.05. The van der Waals surface area contributed by atoms with Crippen LogP contribution in [0.2, 0.25) is 5.02 Å². The zero-order valence-corrected chi connectivity index (χ0v) is 22.6. The molecule has 0 unspecified atom stereocenters. The Labute approximate surface area is 244 Å². The van der Waals surface area contributed by atoms with E-state index in [9.17, 15) is 24.5 Å². The summed E-state index contributed by atoms with van der Waals surface area (Å²) in [5, 5.41) is 21.1. The fourth-order valence-electron chi connectivity index (χ4n) is 6.70. The van der Waals surface area contributed by atoms with Crippen molar-refractivity contribution in [2.24, 2.45) is 10.5 Å². The van der Waals surface area contributed by atoms with E-state index in [-0.39, 0.29) is 16.8 Å². The van der Waals surface area contributed by atoms with Crippen molar-refractivity contribution in [2.75, 3.05) is 5.32 Å². The number of Topliss-reactive ketones (excluding diaryl/α,β-unsaturated/α-hetero) is 2. The summed E-state index contributed by atoms with van der Waals surface area (Å²) in [6.45, 7) is 0. The molecule has 0 radical (unpaired) electrons. The largest absolute Gasteiger partial charge is 0.324 e. The molecule has 1 spiro atoms. The van der Waals surface area contributed by atoms with Crippen LogP contribution in [0.1, 0.15) is 49.4 Å². The van der Waals surface area contributed by atoms with Gasteiger partial charge in [-0.2, -0.15) is 5.10 Å². The second-order valence-electron chi connectivity index (χ2n) is 10.5. The zero-order chi connectivity index (χ0) is 29.2. The summed E-state index contributed by atoms with van der Waals surface area (Å²) in [7, 11) is 0. The summed E-state index contributed by atoms with van der Waals surface area (Å²) in [5.41, 5.74) is 0.968. The number of nitro benzene ring substituents is 1. The van der Waals surface area contributed by atoms with Gasteiger partial charge in [-0.15, -0.1) is 0 Å². The average molecular weight is 577 g/mol. The van der Waals surface area contributed by atoms with E-state index >= 15 is 0 Å². The lowest BCUT2D eigenvalue weighted by Crippen LogP contribution is -2.44. The second-order valence-corrected chi connectivity index (χ2v) is 10.9. The van der Waals surface area contributed by atoms with Crippen molar-refractivity contribution in [3.63, 3.8) is 0 Å². The molecule has 1 aliphatic carbocycles. The van der Waals surface area contributed by atoms with E-state index in [2.05, 4.69) is 10.4 Å². The van der Waals surface area contributed by atoms with E-state index in [4.69, 9.17) is 11.6 Å². The highest BCUT2D eigenvalue weighted by atomic mass is 35.5. The Kier molecular flexibility index (Phi) is 5.81. The average Bonchev–Trinajstić information content (AvgIpc) is 3.44. The number of rotatable bonds is 4. The van der Waals surface area contributed by atoms with Gasteiger partial charge in [-0.3, -0.25) is 29.5 Å². The van der Waals surface area contributed by atoms with Crippen molar-refractivity contribution in [1.82, 2.24) is 5.01 Å². The fraction of sp³-hybridized carbons (Fsp3) is 0.125. The number of nitrogens with one attached hydrogen (secondary N) is 1. The number of nitro groups is 1. The molecule has 0 aromatic heterocycles. The number of hydrazone groups is 1. The van der Waals surface area contributed by atoms with Crippen LogP contribution in [-0.4, -0.2) is 39.7 Å². The Morgan fingerprint density at radius 3 is 2.14 bits per heavy atom. The molecule has 1 N–H and O–H groups in total. The highest BCUT2D eigenvalue weighted by Gasteiger charge is 2.72. The number of ketones is 2. The van der Waals surface area contributed by atoms with Gasteiger partial charge in [0.25, 0.3) is 5.69 Å². The van der Waals surface area contributed by atoms with Crippen LogP contribution in [0, 0.1) is 15.5 Å². The van der Waals surface area contributed by atoms with Crippen LogP contribution < -0.4 is 5.32 Å². The molecule has 206 valence electrons. The standard InChI is InChI=1S/C32H21ClN4O5/c33-20-11-13-21(14-12-20)35-31(40)27-26(18-9-15-22(16-10-18)37(41)42)32(29(38)24-7-3-4-8-25(24)30(32)39)28-23-6-2-1-5-19(23)17-34-36(27)28/h1-17,26-28H,(H,35,40)/t26-,27-,28-/m1/s1. The minimum atomic E-state index is -1.77. The van der Waals surface area contributed by atoms with Gasteiger partial charge in [0, 0.05) is 39.9 Å². The Balaban J connectivity index is 1.48. The predicted octanol–water partition coefficient (Wildman–Crippen LogP) is 5.81. The van der Waals surface area contributed by atoms with Crippen molar-refractivity contribution in [3.8, 4) is 0 Å². The number of non-ortho nitro benzene ring substituents is 1. The first-order valence-corrected chi connectivity index (χ1v) is 13.6. The maximum absolute atomic E-state index is 14.7. The van der Waals surface area contributed by atoms with Gasteiger partial charge >= 0.3 is 0 Å². The molecule has 10 heteroatoms. The first-order chi connectivity index (χ1) is 20.3. The van der Waals surface area contributed by atoms with Crippen LogP contribution in [0.4, 0.5) is 11.4 Å². The molecule has 1 saturated heterocycles. The second kappa shape index (κ2) is 9.46. The number of fused-ring (bicyclic) bond motifs is 5. The quantitative estimate of drug-likeness (QED) is 0.186. The minimum absolute atomic E-state index is 0.151. The molecular formula is C32H21ClN4O5. The number of carbonyl (C=O) groups excluding carboxylic acids is 3. The SMILES string of the molecule is O=C(Nc1ccc(Cl)cc1)[C@H]1[C@@H](c2ccc([N+](=O)[O-])cc2)C2(C(=O)c3ccccc3C2=O)[C@H]2c3ccccc3C=NN12. The van der Waals surface area contributed by atoms with Crippen LogP contribution in [0.25, 0.3) is 0 Å². The van der Waals surface area contributed by atoms with Crippen molar-refractivity contribution < 1.29 is 19.3 Å². The molecule has 3 atom stereocenters. The van der Waals surface area contributed by atoms with Gasteiger partial charge in [-0.1, -0.05) is 72.3 Å². The molecular weight excluding hydrogens is 556 g/mol. The predicted molar refractivity (Wildman–Crippen MR) is 156 cm³/mol. The lowest BCUT2D eigenvalue weighted by atomic mass is 9.63. The lowest BCUT2D eigenvalue weighted by molar-refractivity contribution is -0.384. The van der Waals surface area contributed by atoms with Gasteiger partial charge in [0.2, 0.25) is 5.91 Å². The summed E-state index contributed by atoms with van der Waals surface area (Å²) in [4.78, 5) is 54.5. The van der Waals surface area contributed by atoms with Gasteiger partial charge < -0.3 is 5.32 Å². The first-order valence-electron chi connectivity index (χ1n) is 13.2. The fourth-order valence-corrected chi connectivity index (χ4v) is 6.83. The summed E-state index contributed by atoms with van der Waals surface area (Å²) in [5.74, 6) is -2.34. The number of carbonyl (C=O) groups is 3. The topological polar surface area (TPSA) is 122 Å². The summed E-state index contributed by atoms with van der Waals surface area (Å²) in [6, 6.07) is 24.2. The van der Waals surface area contributed by atoms with Crippen LogP contribution in [0.3, 0.4) is 0 Å². The number of hydrogen-bond donors (Lipinski definition) is 1. The number of anilines is 1. The highest BCUT2D eigenvalue weighted by Crippen LogP contribution is 2.64. The highest BCUT2D eigenvalue weighted by molar-refractivity contribution is 6.31. The van der Waals surface area contributed by atoms with Crippen LogP contribution >= 0.6 is 11.6 Å². The zero-order valence-electron chi connectivity index (χ0n) is 21.8. The molecule has 9 nitrogen and oxygen atoms in total. The Bertz CT molecular complexity index is 1800. The molecule has 42 heavy (non-hydrogen) atoms. The number of halogens is 1. The Hall–Kier alpha value is -5.15. The van der Waals surface area contributed by atoms with Gasteiger partial charge in [0.05, 0.1) is 17.2 Å².